The average Bonchev–Trinajstić information content (AvgIpc) is 2.47. The van der Waals surface area contributed by atoms with Crippen LogP contribution in [0.2, 0.25) is 0 Å². The number of benzene rings is 1. The third kappa shape index (κ3) is 2.92. The van der Waals surface area contributed by atoms with Gasteiger partial charge in [-0.15, -0.1) is 0 Å². The quantitative estimate of drug-likeness (QED) is 0.828. The van der Waals surface area contributed by atoms with Gasteiger partial charge in [-0.25, -0.2) is 9.78 Å². The van der Waals surface area contributed by atoms with Crippen molar-refractivity contribution in [2.75, 3.05) is 18.2 Å². The summed E-state index contributed by atoms with van der Waals surface area (Å²) in [6, 6.07) is 9.62. The van der Waals surface area contributed by atoms with Gasteiger partial charge in [0.05, 0.1) is 18.2 Å². The first-order valence-corrected chi connectivity index (χ1v) is 5.82. The van der Waals surface area contributed by atoms with Crippen LogP contribution in [0.5, 0.6) is 0 Å². The van der Waals surface area contributed by atoms with Gasteiger partial charge in [0.25, 0.3) is 5.91 Å². The molecule has 0 aliphatic rings. The van der Waals surface area contributed by atoms with Crippen LogP contribution in [0.25, 0.3) is 0 Å². The van der Waals surface area contributed by atoms with E-state index in [4.69, 9.17) is 5.73 Å². The number of ether oxygens (including phenoxy) is 1. The third-order valence-electron chi connectivity index (χ3n) is 2.62. The fraction of sp³-hybridized carbons (Fsp3) is 0.0714. The Morgan fingerprint density at radius 3 is 2.75 bits per heavy atom. The van der Waals surface area contributed by atoms with Crippen molar-refractivity contribution >= 4 is 23.4 Å². The number of nitrogens with two attached hydrogens (primary N) is 1. The van der Waals surface area contributed by atoms with Crippen LogP contribution in [-0.2, 0) is 4.74 Å². The number of carbonyl (C=O) groups is 2. The van der Waals surface area contributed by atoms with Gasteiger partial charge in [0.1, 0.15) is 5.82 Å². The van der Waals surface area contributed by atoms with Crippen LogP contribution in [0.4, 0.5) is 11.5 Å². The molecule has 20 heavy (non-hydrogen) atoms. The van der Waals surface area contributed by atoms with Crippen LogP contribution in [0, 0.1) is 0 Å². The van der Waals surface area contributed by atoms with Crippen molar-refractivity contribution in [1.82, 2.24) is 4.98 Å². The van der Waals surface area contributed by atoms with E-state index in [2.05, 4.69) is 15.0 Å². The average molecular weight is 271 g/mol. The standard InChI is InChI=1S/C14H13N3O3/c1-20-14(19)9-4-2-5-10(8-9)17-13(18)11-6-3-7-16-12(11)15/h2-8H,1H3,(H2,15,16)(H,17,18). The number of hydrogen-bond donors (Lipinski definition) is 2. The van der Waals surface area contributed by atoms with Crippen LogP contribution in [0.3, 0.4) is 0 Å². The molecule has 2 rings (SSSR count). The molecule has 1 amide bonds. The second-order valence-corrected chi connectivity index (χ2v) is 3.96. The molecule has 6 nitrogen and oxygen atoms in total. The van der Waals surface area contributed by atoms with Gasteiger partial charge < -0.3 is 15.8 Å². The molecule has 0 saturated carbocycles. The Bertz CT molecular complexity index is 656. The minimum absolute atomic E-state index is 0.147. The zero-order valence-electron chi connectivity index (χ0n) is 10.8. The molecule has 0 fully saturated rings. The molecule has 1 aromatic heterocycles. The lowest BCUT2D eigenvalue weighted by Gasteiger charge is -2.07. The number of methoxy groups -OCH3 is 1. The Balaban J connectivity index is 2.20. The lowest BCUT2D eigenvalue weighted by atomic mass is 10.2. The fourth-order valence-electron chi connectivity index (χ4n) is 1.65. The number of pyridine rings is 1. The first kappa shape index (κ1) is 13.5. The molecular formula is C14H13N3O3. The lowest BCUT2D eigenvalue weighted by Crippen LogP contribution is -2.15. The summed E-state index contributed by atoms with van der Waals surface area (Å²) in [6.45, 7) is 0. The molecule has 6 heteroatoms. The zero-order valence-corrected chi connectivity index (χ0v) is 10.8. The number of hydrogen-bond acceptors (Lipinski definition) is 5. The van der Waals surface area contributed by atoms with Gasteiger partial charge in [-0.05, 0) is 30.3 Å². The van der Waals surface area contributed by atoms with Crippen molar-refractivity contribution in [3.8, 4) is 0 Å². The van der Waals surface area contributed by atoms with Crippen molar-refractivity contribution in [3.05, 3.63) is 53.7 Å². The summed E-state index contributed by atoms with van der Waals surface area (Å²) in [5.74, 6) is -0.714. The van der Waals surface area contributed by atoms with E-state index < -0.39 is 11.9 Å². The first-order chi connectivity index (χ1) is 9.61. The molecular weight excluding hydrogens is 258 g/mol. The Morgan fingerprint density at radius 1 is 1.25 bits per heavy atom. The smallest absolute Gasteiger partial charge is 0.337 e. The molecule has 0 saturated heterocycles. The molecule has 0 bridgehead atoms. The molecule has 102 valence electrons. The van der Waals surface area contributed by atoms with E-state index in [-0.39, 0.29) is 11.4 Å². The van der Waals surface area contributed by atoms with Gasteiger partial charge in [0, 0.05) is 11.9 Å². The van der Waals surface area contributed by atoms with E-state index in [0.717, 1.165) is 0 Å². The summed E-state index contributed by atoms with van der Waals surface area (Å²) in [4.78, 5) is 27.3. The molecule has 0 aliphatic heterocycles. The van der Waals surface area contributed by atoms with Crippen molar-refractivity contribution < 1.29 is 14.3 Å². The number of nitrogens with zero attached hydrogens (tertiary/aromatic N) is 1. The van der Waals surface area contributed by atoms with Crippen LogP contribution in [0.1, 0.15) is 20.7 Å². The molecule has 0 atom stereocenters. The van der Waals surface area contributed by atoms with E-state index in [1.165, 1.54) is 19.4 Å². The number of carbonyl (C=O) groups excluding carboxylic acids is 2. The highest BCUT2D eigenvalue weighted by Crippen LogP contribution is 2.14. The number of nitrogens with one attached hydrogen (secondary N) is 1. The number of rotatable bonds is 3. The molecule has 0 unspecified atom stereocenters. The molecule has 1 aromatic carbocycles. The fourth-order valence-corrected chi connectivity index (χ4v) is 1.65. The summed E-state index contributed by atoms with van der Waals surface area (Å²) in [5, 5.41) is 2.65. The second-order valence-electron chi connectivity index (χ2n) is 3.96. The van der Waals surface area contributed by atoms with Gasteiger partial charge in [0.15, 0.2) is 0 Å². The predicted octanol–water partition coefficient (Wildman–Crippen LogP) is 1.70. The highest BCUT2D eigenvalue weighted by atomic mass is 16.5. The Hall–Kier alpha value is -2.89. The third-order valence-corrected chi connectivity index (χ3v) is 2.62. The SMILES string of the molecule is COC(=O)c1cccc(NC(=O)c2cccnc2N)c1. The normalized spacial score (nSPS) is 9.85. The van der Waals surface area contributed by atoms with E-state index in [1.54, 1.807) is 30.3 Å². The number of anilines is 2. The molecule has 0 spiro atoms. The van der Waals surface area contributed by atoms with Crippen molar-refractivity contribution in [2.45, 2.75) is 0 Å². The summed E-state index contributed by atoms with van der Waals surface area (Å²) < 4.78 is 4.62. The van der Waals surface area contributed by atoms with Crippen LogP contribution < -0.4 is 11.1 Å². The lowest BCUT2D eigenvalue weighted by molar-refractivity contribution is 0.0600. The minimum atomic E-state index is -0.470. The maximum absolute atomic E-state index is 12.0. The summed E-state index contributed by atoms with van der Waals surface area (Å²) >= 11 is 0. The van der Waals surface area contributed by atoms with Gasteiger partial charge in [-0.2, -0.15) is 0 Å². The molecule has 0 aliphatic carbocycles. The number of nitrogen functional groups attached to an aromatic ring is 1. The number of amides is 1. The van der Waals surface area contributed by atoms with Gasteiger partial charge in [-0.3, -0.25) is 4.79 Å². The van der Waals surface area contributed by atoms with E-state index in [0.29, 0.717) is 11.3 Å². The molecule has 3 N–H and O–H groups in total. The van der Waals surface area contributed by atoms with Crippen molar-refractivity contribution in [3.63, 3.8) is 0 Å². The van der Waals surface area contributed by atoms with Crippen LogP contribution in [0.15, 0.2) is 42.6 Å². The summed E-state index contributed by atoms with van der Waals surface area (Å²) in [7, 11) is 1.30. The maximum atomic E-state index is 12.0. The number of esters is 1. The topological polar surface area (TPSA) is 94.3 Å². The molecule has 1 heterocycles. The van der Waals surface area contributed by atoms with Crippen molar-refractivity contribution in [1.29, 1.82) is 0 Å². The monoisotopic (exact) mass is 271 g/mol. The Morgan fingerprint density at radius 2 is 2.05 bits per heavy atom. The zero-order chi connectivity index (χ0) is 14.5. The minimum Gasteiger partial charge on any atom is -0.465 e. The largest absolute Gasteiger partial charge is 0.465 e. The van der Waals surface area contributed by atoms with Gasteiger partial charge >= 0.3 is 5.97 Å². The van der Waals surface area contributed by atoms with E-state index in [1.807, 2.05) is 0 Å². The first-order valence-electron chi connectivity index (χ1n) is 5.82. The van der Waals surface area contributed by atoms with Crippen LogP contribution in [-0.4, -0.2) is 24.0 Å². The highest BCUT2D eigenvalue weighted by molar-refractivity contribution is 6.07. The molecule has 2 aromatic rings. The number of aromatic nitrogens is 1. The summed E-state index contributed by atoms with van der Waals surface area (Å²) in [5.41, 5.74) is 6.73. The highest BCUT2D eigenvalue weighted by Gasteiger charge is 2.11. The van der Waals surface area contributed by atoms with E-state index in [9.17, 15) is 9.59 Å². The second kappa shape index (κ2) is 5.83. The van der Waals surface area contributed by atoms with E-state index >= 15 is 0 Å². The summed E-state index contributed by atoms with van der Waals surface area (Å²) in [6.07, 6.45) is 1.50. The Kier molecular flexibility index (Phi) is 3.95. The maximum Gasteiger partial charge on any atom is 0.337 e. The van der Waals surface area contributed by atoms with Gasteiger partial charge in [-0.1, -0.05) is 6.07 Å². The van der Waals surface area contributed by atoms with Crippen LogP contribution >= 0.6 is 0 Å². The Labute approximate surface area is 115 Å². The van der Waals surface area contributed by atoms with Gasteiger partial charge in [0.2, 0.25) is 0 Å². The predicted molar refractivity (Wildman–Crippen MR) is 74.4 cm³/mol. The molecule has 0 radical (unpaired) electrons. The van der Waals surface area contributed by atoms with Crippen molar-refractivity contribution in [2.24, 2.45) is 0 Å².